The number of Topliss-reactive ketones (excluding diaryl/α,β-unsaturated/α-hetero) is 1. The van der Waals surface area contributed by atoms with Crippen molar-refractivity contribution in [1.29, 1.82) is 0 Å². The molecular weight excluding hydrogens is 500 g/mol. The van der Waals surface area contributed by atoms with Crippen LogP contribution in [0.5, 0.6) is 5.75 Å². The fourth-order valence-electron chi connectivity index (χ4n) is 3.14. The first-order valence-corrected chi connectivity index (χ1v) is 11.6. The predicted molar refractivity (Wildman–Crippen MR) is 131 cm³/mol. The van der Waals surface area contributed by atoms with E-state index in [9.17, 15) is 18.8 Å². The molecule has 1 fully saturated rings. The van der Waals surface area contributed by atoms with Gasteiger partial charge in [0.2, 0.25) is 0 Å². The lowest BCUT2D eigenvalue weighted by molar-refractivity contribution is -0.122. The lowest BCUT2D eigenvalue weighted by Crippen LogP contribution is -2.33. The Morgan fingerprint density at radius 2 is 1.71 bits per heavy atom. The van der Waals surface area contributed by atoms with Gasteiger partial charge in [0.25, 0.3) is 11.1 Å². The van der Waals surface area contributed by atoms with Crippen molar-refractivity contribution in [1.82, 2.24) is 4.90 Å². The van der Waals surface area contributed by atoms with E-state index in [1.165, 1.54) is 12.1 Å². The number of carbonyl (C=O) groups is 3. The SMILES string of the molecule is O=C(CN1C(=O)S/C(=C\c2ccc(OCc3c(F)cccc3Cl)cc2)C1=O)c1ccc(Cl)cc1. The molecule has 3 aromatic rings. The second kappa shape index (κ2) is 10.4. The Kier molecular flexibility index (Phi) is 7.36. The average molecular weight is 516 g/mol. The standard InChI is InChI=1S/C25H16Cl2FNO4S/c26-17-8-6-16(7-9-17)22(30)13-29-24(31)23(34-25(29)32)12-15-4-10-18(11-5-15)33-14-19-20(27)2-1-3-21(19)28/h1-12H,13-14H2/b23-12-. The van der Waals surface area contributed by atoms with Crippen molar-refractivity contribution in [2.45, 2.75) is 6.61 Å². The van der Waals surface area contributed by atoms with Gasteiger partial charge >= 0.3 is 0 Å². The Morgan fingerprint density at radius 1 is 1.00 bits per heavy atom. The lowest BCUT2D eigenvalue weighted by atomic mass is 10.1. The summed E-state index contributed by atoms with van der Waals surface area (Å²) in [7, 11) is 0. The molecule has 5 nitrogen and oxygen atoms in total. The molecule has 3 aromatic carbocycles. The molecule has 9 heteroatoms. The summed E-state index contributed by atoms with van der Waals surface area (Å²) in [5, 5.41) is 0.250. The molecule has 0 spiro atoms. The van der Waals surface area contributed by atoms with E-state index in [1.54, 1.807) is 60.7 Å². The molecule has 1 aliphatic rings. The van der Waals surface area contributed by atoms with Gasteiger partial charge in [-0.15, -0.1) is 0 Å². The van der Waals surface area contributed by atoms with E-state index >= 15 is 0 Å². The van der Waals surface area contributed by atoms with Crippen molar-refractivity contribution in [3.63, 3.8) is 0 Å². The molecule has 34 heavy (non-hydrogen) atoms. The minimum absolute atomic E-state index is 0.0363. The summed E-state index contributed by atoms with van der Waals surface area (Å²) in [5.41, 5.74) is 1.28. The number of imide groups is 1. The third kappa shape index (κ3) is 5.50. The maximum absolute atomic E-state index is 13.9. The van der Waals surface area contributed by atoms with Crippen molar-refractivity contribution in [2.24, 2.45) is 0 Å². The lowest BCUT2D eigenvalue weighted by Gasteiger charge is -2.11. The molecule has 0 N–H and O–H groups in total. The third-order valence-corrected chi connectivity index (χ3v) is 6.48. The summed E-state index contributed by atoms with van der Waals surface area (Å²) in [6, 6.07) is 17.4. The molecule has 0 radical (unpaired) electrons. The third-order valence-electron chi connectivity index (χ3n) is 4.96. The van der Waals surface area contributed by atoms with Crippen LogP contribution in [0.3, 0.4) is 0 Å². The van der Waals surface area contributed by atoms with Crippen LogP contribution in [0.15, 0.2) is 71.6 Å². The van der Waals surface area contributed by atoms with Crippen molar-refractivity contribution < 1.29 is 23.5 Å². The molecule has 0 unspecified atom stereocenters. The minimum Gasteiger partial charge on any atom is -0.489 e. The zero-order chi connectivity index (χ0) is 24.2. The van der Waals surface area contributed by atoms with E-state index in [0.29, 0.717) is 21.9 Å². The van der Waals surface area contributed by atoms with E-state index < -0.39 is 17.0 Å². The summed E-state index contributed by atoms with van der Waals surface area (Å²) in [6.07, 6.45) is 1.56. The van der Waals surface area contributed by atoms with Crippen molar-refractivity contribution in [3.8, 4) is 5.75 Å². The summed E-state index contributed by atoms with van der Waals surface area (Å²) < 4.78 is 19.5. The van der Waals surface area contributed by atoms with Gasteiger partial charge in [-0.2, -0.15) is 0 Å². The molecule has 0 saturated carbocycles. The monoisotopic (exact) mass is 515 g/mol. The number of carbonyl (C=O) groups excluding carboxylic acids is 3. The smallest absolute Gasteiger partial charge is 0.293 e. The van der Waals surface area contributed by atoms with Crippen molar-refractivity contribution in [3.05, 3.63) is 104 Å². The van der Waals surface area contributed by atoms with Crippen molar-refractivity contribution >= 4 is 58.0 Å². The molecule has 0 aliphatic carbocycles. The second-order valence-corrected chi connectivity index (χ2v) is 9.09. The Labute approximate surface area is 209 Å². The van der Waals surface area contributed by atoms with Gasteiger partial charge in [-0.1, -0.05) is 41.4 Å². The number of hydrogen-bond acceptors (Lipinski definition) is 5. The van der Waals surface area contributed by atoms with E-state index in [1.807, 2.05) is 0 Å². The highest BCUT2D eigenvalue weighted by Crippen LogP contribution is 2.32. The van der Waals surface area contributed by atoms with Gasteiger partial charge in [-0.3, -0.25) is 19.3 Å². The van der Waals surface area contributed by atoms with Crippen LogP contribution in [0.25, 0.3) is 6.08 Å². The van der Waals surface area contributed by atoms with Crippen LogP contribution in [0, 0.1) is 5.82 Å². The molecule has 1 heterocycles. The predicted octanol–water partition coefficient (Wildman–Crippen LogP) is 6.63. The first-order chi connectivity index (χ1) is 16.3. The number of ether oxygens (including phenoxy) is 1. The summed E-state index contributed by atoms with van der Waals surface area (Å²) in [6.45, 7) is -0.388. The van der Waals surface area contributed by atoms with Gasteiger partial charge in [0.05, 0.1) is 16.5 Å². The van der Waals surface area contributed by atoms with Gasteiger partial charge < -0.3 is 4.74 Å². The molecule has 0 aromatic heterocycles. The van der Waals surface area contributed by atoms with Gasteiger partial charge in [-0.05, 0) is 71.9 Å². The molecule has 2 amide bonds. The normalized spacial score (nSPS) is 14.7. The van der Waals surface area contributed by atoms with Crippen LogP contribution in [-0.4, -0.2) is 28.4 Å². The summed E-state index contributed by atoms with van der Waals surface area (Å²) >= 11 is 12.6. The Balaban J connectivity index is 1.40. The highest BCUT2D eigenvalue weighted by molar-refractivity contribution is 8.18. The first kappa shape index (κ1) is 24.0. The number of amides is 2. The topological polar surface area (TPSA) is 63.7 Å². The minimum atomic E-state index is -0.535. The van der Waals surface area contributed by atoms with Gasteiger partial charge in [0.15, 0.2) is 5.78 Å². The molecular formula is C25H16Cl2FNO4S. The highest BCUT2D eigenvalue weighted by atomic mass is 35.5. The largest absolute Gasteiger partial charge is 0.489 e. The van der Waals surface area contributed by atoms with E-state index in [4.69, 9.17) is 27.9 Å². The van der Waals surface area contributed by atoms with Gasteiger partial charge in [0.1, 0.15) is 18.2 Å². The van der Waals surface area contributed by atoms with E-state index in [2.05, 4.69) is 0 Å². The zero-order valence-electron chi connectivity index (χ0n) is 17.5. The van der Waals surface area contributed by atoms with Gasteiger partial charge in [-0.25, -0.2) is 4.39 Å². The fraction of sp³-hybridized carbons (Fsp3) is 0.0800. The Morgan fingerprint density at radius 3 is 2.38 bits per heavy atom. The first-order valence-electron chi connectivity index (χ1n) is 10.0. The Hall–Kier alpha value is -3.13. The number of ketones is 1. The van der Waals surface area contributed by atoms with Gasteiger partial charge in [0, 0.05) is 16.1 Å². The molecule has 0 atom stereocenters. The number of rotatable bonds is 7. The molecule has 0 bridgehead atoms. The van der Waals surface area contributed by atoms with Crippen LogP contribution in [0.2, 0.25) is 10.0 Å². The quantitative estimate of drug-likeness (QED) is 0.261. The van der Waals surface area contributed by atoms with Crippen molar-refractivity contribution in [2.75, 3.05) is 6.54 Å². The molecule has 172 valence electrons. The number of hydrogen-bond donors (Lipinski definition) is 0. The maximum Gasteiger partial charge on any atom is 0.293 e. The molecule has 1 aliphatic heterocycles. The molecule has 1 saturated heterocycles. The van der Waals surface area contributed by atoms with E-state index in [0.717, 1.165) is 16.7 Å². The second-order valence-electron chi connectivity index (χ2n) is 7.26. The number of nitrogens with zero attached hydrogens (tertiary/aromatic N) is 1. The molecule has 4 rings (SSSR count). The number of thioether (sulfide) groups is 1. The van der Waals surface area contributed by atoms with Crippen LogP contribution in [0.4, 0.5) is 9.18 Å². The average Bonchev–Trinajstić information content (AvgIpc) is 3.07. The van der Waals surface area contributed by atoms with Crippen LogP contribution >= 0.6 is 35.0 Å². The van der Waals surface area contributed by atoms with Crippen LogP contribution in [-0.2, 0) is 11.4 Å². The highest BCUT2D eigenvalue weighted by Gasteiger charge is 2.36. The fourth-order valence-corrected chi connectivity index (χ4v) is 4.33. The van der Waals surface area contributed by atoms with E-state index in [-0.39, 0.29) is 34.4 Å². The summed E-state index contributed by atoms with van der Waals surface area (Å²) in [4.78, 5) is 38.6. The van der Waals surface area contributed by atoms with Crippen LogP contribution < -0.4 is 4.74 Å². The number of halogens is 3. The van der Waals surface area contributed by atoms with Crippen LogP contribution in [0.1, 0.15) is 21.5 Å². The Bertz CT molecular complexity index is 1270. The number of benzene rings is 3. The zero-order valence-corrected chi connectivity index (χ0v) is 19.8. The maximum atomic E-state index is 13.9. The summed E-state index contributed by atoms with van der Waals surface area (Å²) in [5.74, 6) is -0.865.